The molecule has 0 fully saturated rings. The average Bonchev–Trinajstić information content (AvgIpc) is 2.94. The first-order valence-electron chi connectivity index (χ1n) is 8.43. The first-order chi connectivity index (χ1) is 12.4. The zero-order valence-corrected chi connectivity index (χ0v) is 15.7. The van der Waals surface area contributed by atoms with Crippen LogP contribution in [0.3, 0.4) is 0 Å². The van der Waals surface area contributed by atoms with Gasteiger partial charge in [-0.25, -0.2) is 4.79 Å². The molecule has 0 aliphatic carbocycles. The number of anilines is 1. The first-order valence-corrected chi connectivity index (χ1v) is 8.43. The standard InChI is InChI=1S/C18H24N4O4/c1-11(13-6-7-14-15(10-13)26-9-8-25-14)21(3)18(23)19-16-12(2)22(4)20-17(16)24-5/h6-7,10-11H,8-9H2,1-5H3,(H,19,23). The Morgan fingerprint density at radius 1 is 1.35 bits per heavy atom. The molecule has 1 aromatic carbocycles. The van der Waals surface area contributed by atoms with Crippen molar-refractivity contribution in [3.05, 3.63) is 29.5 Å². The van der Waals surface area contributed by atoms with Crippen molar-refractivity contribution >= 4 is 11.7 Å². The second-order valence-electron chi connectivity index (χ2n) is 6.21. The minimum absolute atomic E-state index is 0.159. The number of nitrogens with one attached hydrogen (secondary N) is 1. The molecule has 1 aromatic heterocycles. The van der Waals surface area contributed by atoms with Crippen LogP contribution < -0.4 is 19.5 Å². The van der Waals surface area contributed by atoms with Gasteiger partial charge in [-0.3, -0.25) is 4.68 Å². The van der Waals surface area contributed by atoms with Gasteiger partial charge in [0.2, 0.25) is 0 Å². The molecule has 0 radical (unpaired) electrons. The number of aromatic nitrogens is 2. The molecule has 8 heteroatoms. The lowest BCUT2D eigenvalue weighted by Crippen LogP contribution is -2.34. The van der Waals surface area contributed by atoms with Crippen molar-refractivity contribution in [2.75, 3.05) is 32.7 Å². The number of aryl methyl sites for hydroxylation is 1. The topological polar surface area (TPSA) is 77.9 Å². The van der Waals surface area contributed by atoms with Crippen LogP contribution >= 0.6 is 0 Å². The lowest BCUT2D eigenvalue weighted by atomic mass is 10.1. The van der Waals surface area contributed by atoms with E-state index in [9.17, 15) is 4.79 Å². The number of hydrogen-bond donors (Lipinski definition) is 1. The van der Waals surface area contributed by atoms with Gasteiger partial charge in [0.15, 0.2) is 11.5 Å². The molecule has 140 valence electrons. The molecule has 26 heavy (non-hydrogen) atoms. The number of nitrogens with zero attached hydrogens (tertiary/aromatic N) is 3. The van der Waals surface area contributed by atoms with Crippen molar-refractivity contribution in [2.45, 2.75) is 19.9 Å². The van der Waals surface area contributed by atoms with Gasteiger partial charge in [-0.05, 0) is 31.5 Å². The molecule has 3 rings (SSSR count). The van der Waals surface area contributed by atoms with Crippen LogP contribution in [0.15, 0.2) is 18.2 Å². The van der Waals surface area contributed by atoms with Crippen molar-refractivity contribution < 1.29 is 19.0 Å². The summed E-state index contributed by atoms with van der Waals surface area (Å²) in [7, 11) is 5.07. The Hall–Kier alpha value is -2.90. The summed E-state index contributed by atoms with van der Waals surface area (Å²) in [5.41, 5.74) is 2.35. The van der Waals surface area contributed by atoms with Crippen molar-refractivity contribution in [3.8, 4) is 17.4 Å². The van der Waals surface area contributed by atoms with E-state index in [0.717, 1.165) is 17.0 Å². The monoisotopic (exact) mass is 360 g/mol. The summed E-state index contributed by atoms with van der Waals surface area (Å²) in [5, 5.41) is 7.11. The van der Waals surface area contributed by atoms with Crippen LogP contribution in [-0.2, 0) is 7.05 Å². The fourth-order valence-corrected chi connectivity index (χ4v) is 2.78. The molecule has 0 bridgehead atoms. The molecule has 1 aliphatic rings. The summed E-state index contributed by atoms with van der Waals surface area (Å²) in [6.07, 6.45) is 0. The number of carbonyl (C=O) groups excluding carboxylic acids is 1. The van der Waals surface area contributed by atoms with E-state index in [-0.39, 0.29) is 12.1 Å². The van der Waals surface area contributed by atoms with E-state index in [0.29, 0.717) is 30.5 Å². The van der Waals surface area contributed by atoms with Crippen molar-refractivity contribution in [2.24, 2.45) is 7.05 Å². The highest BCUT2D eigenvalue weighted by molar-refractivity contribution is 5.91. The third-order valence-electron chi connectivity index (χ3n) is 4.68. The lowest BCUT2D eigenvalue weighted by molar-refractivity contribution is 0.170. The van der Waals surface area contributed by atoms with Gasteiger partial charge in [-0.2, -0.15) is 0 Å². The minimum Gasteiger partial charge on any atom is -0.486 e. The van der Waals surface area contributed by atoms with Gasteiger partial charge < -0.3 is 24.4 Å². The van der Waals surface area contributed by atoms with Gasteiger partial charge in [-0.15, -0.1) is 5.10 Å². The Labute approximate surface area is 152 Å². The maximum absolute atomic E-state index is 12.7. The summed E-state index contributed by atoms with van der Waals surface area (Å²) in [4.78, 5) is 14.3. The zero-order valence-electron chi connectivity index (χ0n) is 15.7. The fraction of sp³-hybridized carbons (Fsp3) is 0.444. The normalized spacial score (nSPS) is 13.9. The third kappa shape index (κ3) is 3.26. The van der Waals surface area contributed by atoms with E-state index in [1.807, 2.05) is 32.0 Å². The van der Waals surface area contributed by atoms with Gasteiger partial charge in [-0.1, -0.05) is 6.07 Å². The third-order valence-corrected chi connectivity index (χ3v) is 4.68. The molecule has 2 heterocycles. The molecule has 0 saturated carbocycles. The zero-order chi connectivity index (χ0) is 18.8. The average molecular weight is 360 g/mol. The van der Waals surface area contributed by atoms with Crippen molar-refractivity contribution in [1.82, 2.24) is 14.7 Å². The van der Waals surface area contributed by atoms with Crippen LogP contribution in [0.25, 0.3) is 0 Å². The number of fused-ring (bicyclic) bond motifs is 1. The first kappa shape index (κ1) is 17.9. The number of carbonyl (C=O) groups is 1. The summed E-state index contributed by atoms with van der Waals surface area (Å²) in [5.74, 6) is 1.83. The smallest absolute Gasteiger partial charge is 0.322 e. The lowest BCUT2D eigenvalue weighted by Gasteiger charge is -2.27. The van der Waals surface area contributed by atoms with E-state index in [1.165, 1.54) is 7.11 Å². The Bertz CT molecular complexity index is 818. The van der Waals surface area contributed by atoms with Gasteiger partial charge in [0.1, 0.15) is 18.9 Å². The van der Waals surface area contributed by atoms with E-state index < -0.39 is 0 Å². The van der Waals surface area contributed by atoms with Crippen LogP contribution in [0.1, 0.15) is 24.2 Å². The van der Waals surface area contributed by atoms with Crippen LogP contribution in [-0.4, -0.2) is 48.1 Å². The molecule has 1 aliphatic heterocycles. The number of rotatable bonds is 4. The van der Waals surface area contributed by atoms with Crippen LogP contribution in [0, 0.1) is 6.92 Å². The number of amides is 2. The number of methoxy groups -OCH3 is 1. The molecule has 2 aromatic rings. The molecular formula is C18H24N4O4. The predicted octanol–water partition coefficient (Wildman–Crippen LogP) is 2.73. The van der Waals surface area contributed by atoms with Gasteiger partial charge in [0.25, 0.3) is 5.88 Å². The number of hydrogen-bond acceptors (Lipinski definition) is 5. The summed E-state index contributed by atoms with van der Waals surface area (Å²) >= 11 is 0. The van der Waals surface area contributed by atoms with Crippen molar-refractivity contribution in [1.29, 1.82) is 0 Å². The highest BCUT2D eigenvalue weighted by atomic mass is 16.6. The highest BCUT2D eigenvalue weighted by Crippen LogP contribution is 2.34. The molecular weight excluding hydrogens is 336 g/mol. The number of urea groups is 1. The van der Waals surface area contributed by atoms with Gasteiger partial charge in [0, 0.05) is 14.1 Å². The van der Waals surface area contributed by atoms with Crippen LogP contribution in [0.4, 0.5) is 10.5 Å². The molecule has 0 spiro atoms. The second-order valence-corrected chi connectivity index (χ2v) is 6.21. The maximum atomic E-state index is 12.7. The van der Waals surface area contributed by atoms with Gasteiger partial charge in [0.05, 0.1) is 18.8 Å². The maximum Gasteiger partial charge on any atom is 0.322 e. The molecule has 0 saturated heterocycles. The van der Waals surface area contributed by atoms with Gasteiger partial charge >= 0.3 is 6.03 Å². The highest BCUT2D eigenvalue weighted by Gasteiger charge is 2.23. The molecule has 8 nitrogen and oxygen atoms in total. The number of benzene rings is 1. The Morgan fingerprint density at radius 3 is 2.73 bits per heavy atom. The summed E-state index contributed by atoms with van der Waals surface area (Å²) in [6, 6.07) is 5.33. The van der Waals surface area contributed by atoms with E-state index in [2.05, 4.69) is 10.4 Å². The largest absolute Gasteiger partial charge is 0.486 e. The quantitative estimate of drug-likeness (QED) is 0.907. The van der Waals surface area contributed by atoms with E-state index in [1.54, 1.807) is 23.7 Å². The second kappa shape index (κ2) is 7.15. The van der Waals surface area contributed by atoms with Crippen LogP contribution in [0.5, 0.6) is 17.4 Å². The van der Waals surface area contributed by atoms with E-state index >= 15 is 0 Å². The fourth-order valence-electron chi connectivity index (χ4n) is 2.78. The van der Waals surface area contributed by atoms with E-state index in [4.69, 9.17) is 14.2 Å². The Morgan fingerprint density at radius 2 is 2.04 bits per heavy atom. The summed E-state index contributed by atoms with van der Waals surface area (Å²) in [6.45, 7) is 4.91. The minimum atomic E-state index is -0.248. The Balaban J connectivity index is 1.76. The molecule has 1 atom stereocenters. The Kier molecular flexibility index (Phi) is 4.92. The molecule has 2 amide bonds. The summed E-state index contributed by atoms with van der Waals surface area (Å²) < 4.78 is 18.1. The SMILES string of the molecule is COc1nn(C)c(C)c1NC(=O)N(C)C(C)c1ccc2c(c1)OCCO2. The number of ether oxygens (including phenoxy) is 3. The molecule has 1 unspecified atom stereocenters. The van der Waals surface area contributed by atoms with Crippen molar-refractivity contribution in [3.63, 3.8) is 0 Å². The van der Waals surface area contributed by atoms with Crippen LogP contribution in [0.2, 0.25) is 0 Å². The predicted molar refractivity (Wildman–Crippen MR) is 97.1 cm³/mol. The molecule has 1 N–H and O–H groups in total.